The van der Waals surface area contributed by atoms with Crippen molar-refractivity contribution < 1.29 is 9.13 Å². The van der Waals surface area contributed by atoms with Crippen LogP contribution in [-0.4, -0.2) is 21.2 Å². The number of hydrogen-bond acceptors (Lipinski definition) is 3. The van der Waals surface area contributed by atoms with Gasteiger partial charge in [-0.1, -0.05) is 13.3 Å². The molecule has 0 aromatic carbocycles. The molecule has 0 aliphatic carbocycles. The van der Waals surface area contributed by atoms with E-state index in [1.54, 1.807) is 17.5 Å². The molecular weight excluding hydrogens is 245 g/mol. The van der Waals surface area contributed by atoms with Crippen molar-refractivity contribution in [2.75, 3.05) is 6.61 Å². The number of aryl methyl sites for hydroxylation is 1. The third-order valence-corrected chi connectivity index (χ3v) is 2.77. The van der Waals surface area contributed by atoms with E-state index in [-0.39, 0.29) is 6.61 Å². The Balaban J connectivity index is 2.11. The molecule has 102 valence electrons. The normalized spacial score (nSPS) is 12.1. The Hall–Kier alpha value is -1.91. The molecule has 4 nitrogen and oxygen atoms in total. The Kier molecular flexibility index (Phi) is 4.49. The second kappa shape index (κ2) is 6.31. The minimum Gasteiger partial charge on any atom is -0.472 e. The topological polar surface area (TPSA) is 39.4 Å². The summed E-state index contributed by atoms with van der Waals surface area (Å²) in [5, 5.41) is 4.29. The average molecular weight is 263 g/mol. The summed E-state index contributed by atoms with van der Waals surface area (Å²) < 4.78 is 19.3. The van der Waals surface area contributed by atoms with Gasteiger partial charge in [-0.15, -0.1) is 5.10 Å². The maximum absolute atomic E-state index is 12.2. The molecular formula is C14H18FN3O. The highest BCUT2D eigenvalue weighted by atomic mass is 19.1. The van der Waals surface area contributed by atoms with E-state index >= 15 is 0 Å². The zero-order chi connectivity index (χ0) is 13.7. The quantitative estimate of drug-likeness (QED) is 0.802. The molecule has 0 aliphatic rings. The zero-order valence-electron chi connectivity index (χ0n) is 11.3. The van der Waals surface area contributed by atoms with Crippen LogP contribution in [-0.2, 0) is 6.42 Å². The highest BCUT2D eigenvalue weighted by molar-refractivity contribution is 5.39. The van der Waals surface area contributed by atoms with Crippen LogP contribution in [0.4, 0.5) is 4.39 Å². The van der Waals surface area contributed by atoms with Crippen molar-refractivity contribution in [3.8, 4) is 5.88 Å². The molecule has 0 amide bonds. The molecule has 2 aromatic rings. The molecule has 0 aliphatic heterocycles. The van der Waals surface area contributed by atoms with Gasteiger partial charge in [-0.3, -0.25) is 0 Å². The summed E-state index contributed by atoms with van der Waals surface area (Å²) in [7, 11) is 0. The van der Waals surface area contributed by atoms with Gasteiger partial charge in [0.25, 0.3) is 0 Å². The molecule has 0 bridgehead atoms. The van der Waals surface area contributed by atoms with Crippen molar-refractivity contribution in [3.63, 3.8) is 0 Å². The summed E-state index contributed by atoms with van der Waals surface area (Å²) in [5.74, 6) is 0.466. The molecule has 0 unspecified atom stereocenters. The number of fused-ring (bicyclic) bond motifs is 1. The van der Waals surface area contributed by atoms with Crippen LogP contribution in [0.2, 0.25) is 0 Å². The molecule has 2 aromatic heterocycles. The Morgan fingerprint density at radius 1 is 1.47 bits per heavy atom. The maximum atomic E-state index is 12.2. The summed E-state index contributed by atoms with van der Waals surface area (Å²) in [6.45, 7) is 4.02. The molecule has 0 saturated heterocycles. The van der Waals surface area contributed by atoms with Crippen LogP contribution in [0.15, 0.2) is 30.2 Å². The molecule has 0 atom stereocenters. The number of imidazole rings is 1. The van der Waals surface area contributed by atoms with E-state index in [2.05, 4.69) is 17.0 Å². The lowest BCUT2D eigenvalue weighted by atomic mass is 10.2. The molecule has 0 saturated carbocycles. The molecule has 0 fully saturated rings. The molecule has 0 spiro atoms. The van der Waals surface area contributed by atoms with Crippen LogP contribution in [0.5, 0.6) is 5.88 Å². The van der Waals surface area contributed by atoms with Gasteiger partial charge in [0, 0.05) is 6.07 Å². The predicted molar refractivity (Wildman–Crippen MR) is 72.0 cm³/mol. The summed E-state index contributed by atoms with van der Waals surface area (Å²) in [6, 6.07) is 3.60. The minimum absolute atomic E-state index is 0.201. The van der Waals surface area contributed by atoms with Crippen LogP contribution in [0, 0.1) is 0 Å². The lowest BCUT2D eigenvalue weighted by Crippen LogP contribution is -2.02. The monoisotopic (exact) mass is 263 g/mol. The SMILES string of the molecule is CCCCc1cn2nc(OC/C(C)=C/F)ccc2n1. The van der Waals surface area contributed by atoms with Crippen LogP contribution in [0.25, 0.3) is 5.65 Å². The molecule has 19 heavy (non-hydrogen) atoms. The molecule has 2 heterocycles. The first-order valence-electron chi connectivity index (χ1n) is 6.47. The van der Waals surface area contributed by atoms with Crippen LogP contribution in [0.3, 0.4) is 0 Å². The Morgan fingerprint density at radius 2 is 2.32 bits per heavy atom. The number of unbranched alkanes of at least 4 members (excludes halogenated alkanes) is 1. The number of aromatic nitrogens is 3. The number of halogens is 1. The van der Waals surface area contributed by atoms with Gasteiger partial charge >= 0.3 is 0 Å². The summed E-state index contributed by atoms with van der Waals surface area (Å²) in [4.78, 5) is 4.48. The maximum Gasteiger partial charge on any atom is 0.232 e. The molecule has 5 heteroatoms. The second-order valence-corrected chi connectivity index (χ2v) is 4.55. The van der Waals surface area contributed by atoms with Gasteiger partial charge in [-0.25, -0.2) is 13.9 Å². The van der Waals surface area contributed by atoms with Gasteiger partial charge in [0.15, 0.2) is 5.65 Å². The smallest absolute Gasteiger partial charge is 0.232 e. The lowest BCUT2D eigenvalue weighted by Gasteiger charge is -2.04. The zero-order valence-corrected chi connectivity index (χ0v) is 11.3. The average Bonchev–Trinajstić information content (AvgIpc) is 2.84. The van der Waals surface area contributed by atoms with Crippen molar-refractivity contribution in [3.05, 3.63) is 35.9 Å². The van der Waals surface area contributed by atoms with Crippen molar-refractivity contribution in [2.24, 2.45) is 0 Å². The van der Waals surface area contributed by atoms with E-state index in [0.29, 0.717) is 17.8 Å². The van der Waals surface area contributed by atoms with Crippen molar-refractivity contribution in [1.82, 2.24) is 14.6 Å². The van der Waals surface area contributed by atoms with Gasteiger partial charge in [-0.2, -0.15) is 0 Å². The molecule has 2 rings (SSSR count). The fourth-order valence-electron chi connectivity index (χ4n) is 1.69. The van der Waals surface area contributed by atoms with E-state index in [4.69, 9.17) is 4.74 Å². The van der Waals surface area contributed by atoms with Crippen molar-refractivity contribution >= 4 is 5.65 Å². The Bertz CT molecular complexity index is 577. The third-order valence-electron chi connectivity index (χ3n) is 2.77. The van der Waals surface area contributed by atoms with Crippen molar-refractivity contribution in [1.29, 1.82) is 0 Å². The van der Waals surface area contributed by atoms with Gasteiger partial charge in [0.1, 0.15) is 6.61 Å². The van der Waals surface area contributed by atoms with Crippen LogP contribution in [0.1, 0.15) is 32.4 Å². The van der Waals surface area contributed by atoms with E-state index in [0.717, 1.165) is 30.6 Å². The minimum atomic E-state index is 0.201. The molecule has 0 radical (unpaired) electrons. The van der Waals surface area contributed by atoms with Gasteiger partial charge in [-0.05, 0) is 31.4 Å². The Labute approximate surface area is 111 Å². The highest BCUT2D eigenvalue weighted by Gasteiger charge is 2.04. The number of ether oxygens (including phenoxy) is 1. The van der Waals surface area contributed by atoms with Crippen molar-refractivity contribution in [2.45, 2.75) is 33.1 Å². The first-order valence-corrected chi connectivity index (χ1v) is 6.47. The van der Waals surface area contributed by atoms with E-state index in [9.17, 15) is 4.39 Å². The first-order chi connectivity index (χ1) is 9.22. The third kappa shape index (κ3) is 3.53. The van der Waals surface area contributed by atoms with E-state index < -0.39 is 0 Å². The fraction of sp³-hybridized carbons (Fsp3) is 0.429. The van der Waals surface area contributed by atoms with E-state index in [1.165, 1.54) is 0 Å². The van der Waals surface area contributed by atoms with Gasteiger partial charge in [0.2, 0.25) is 5.88 Å². The Morgan fingerprint density at radius 3 is 3.05 bits per heavy atom. The summed E-state index contributed by atoms with van der Waals surface area (Å²) >= 11 is 0. The first kappa shape index (κ1) is 13.5. The van der Waals surface area contributed by atoms with E-state index in [1.807, 2.05) is 12.3 Å². The van der Waals surface area contributed by atoms with Gasteiger partial charge < -0.3 is 4.74 Å². The fourth-order valence-corrected chi connectivity index (χ4v) is 1.69. The lowest BCUT2D eigenvalue weighted by molar-refractivity contribution is 0.330. The summed E-state index contributed by atoms with van der Waals surface area (Å²) in [5.41, 5.74) is 2.36. The van der Waals surface area contributed by atoms with Crippen LogP contribution >= 0.6 is 0 Å². The van der Waals surface area contributed by atoms with Crippen LogP contribution < -0.4 is 4.74 Å². The van der Waals surface area contributed by atoms with Gasteiger partial charge in [0.05, 0.1) is 18.2 Å². The number of hydrogen-bond donors (Lipinski definition) is 0. The number of rotatable bonds is 6. The second-order valence-electron chi connectivity index (χ2n) is 4.55. The molecule has 0 N–H and O–H groups in total. The highest BCUT2D eigenvalue weighted by Crippen LogP contribution is 2.12. The summed E-state index contributed by atoms with van der Waals surface area (Å²) in [6.07, 6.45) is 5.67. The largest absolute Gasteiger partial charge is 0.472 e. The predicted octanol–water partition coefficient (Wildman–Crippen LogP) is 3.32. The standard InChI is InChI=1S/C14H18FN3O/c1-3-4-5-12-9-18-13(16-12)6-7-14(17-18)19-10-11(2)8-15/h6-9H,3-5,10H2,1-2H3/b11-8+. The number of nitrogens with zero attached hydrogens (tertiary/aromatic N) is 3.